The van der Waals surface area contributed by atoms with Gasteiger partial charge in [-0.2, -0.15) is 0 Å². The number of esters is 1. The third-order valence-corrected chi connectivity index (χ3v) is 2.62. The Morgan fingerprint density at radius 3 is 2.55 bits per heavy atom. The molecule has 1 amide bonds. The summed E-state index contributed by atoms with van der Waals surface area (Å²) in [5, 5.41) is 2.51. The zero-order valence-electron chi connectivity index (χ0n) is 13.5. The molecular weight excluding hydrogens is 288 g/mol. The lowest BCUT2D eigenvalue weighted by Gasteiger charge is -2.22. The minimum Gasteiger partial charge on any atom is -0.481 e. The Labute approximate surface area is 130 Å². The maximum atomic E-state index is 11.8. The lowest BCUT2D eigenvalue weighted by molar-refractivity contribution is -0.143. The van der Waals surface area contributed by atoms with Crippen LogP contribution < -0.4 is 10.1 Å². The van der Waals surface area contributed by atoms with Crippen LogP contribution in [-0.4, -0.2) is 42.9 Å². The molecule has 1 atom stereocenters. The number of nitrogens with one attached hydrogen (secondary N) is 1. The van der Waals surface area contributed by atoms with Crippen molar-refractivity contribution in [2.75, 3.05) is 14.2 Å². The van der Waals surface area contributed by atoms with Crippen LogP contribution in [0.3, 0.4) is 0 Å². The van der Waals surface area contributed by atoms with E-state index < -0.39 is 23.7 Å². The van der Waals surface area contributed by atoms with Crippen LogP contribution >= 0.6 is 0 Å². The molecule has 1 N–H and O–H groups in total. The molecule has 7 nitrogen and oxygen atoms in total. The van der Waals surface area contributed by atoms with Gasteiger partial charge in [-0.05, 0) is 32.4 Å². The van der Waals surface area contributed by atoms with E-state index in [2.05, 4.69) is 10.3 Å². The molecule has 0 radical (unpaired) electrons. The van der Waals surface area contributed by atoms with Crippen LogP contribution in [0.2, 0.25) is 0 Å². The van der Waals surface area contributed by atoms with E-state index in [1.807, 2.05) is 0 Å². The number of carbonyl (C=O) groups excluding carboxylic acids is 2. The van der Waals surface area contributed by atoms with Gasteiger partial charge in [0.15, 0.2) is 0 Å². The average molecular weight is 310 g/mol. The Balaban J connectivity index is 2.80. The van der Waals surface area contributed by atoms with Crippen LogP contribution in [0.25, 0.3) is 0 Å². The molecule has 1 rings (SSSR count). The van der Waals surface area contributed by atoms with Crippen LogP contribution in [0.15, 0.2) is 18.3 Å². The normalized spacial score (nSPS) is 12.2. The highest BCUT2D eigenvalue weighted by Crippen LogP contribution is 2.12. The summed E-state index contributed by atoms with van der Waals surface area (Å²) < 4.78 is 14.9. The van der Waals surface area contributed by atoms with Crippen molar-refractivity contribution in [3.05, 3.63) is 23.9 Å². The number of alkyl carbamates (subject to hydrolysis) is 1. The second-order valence-corrected chi connectivity index (χ2v) is 5.63. The van der Waals surface area contributed by atoms with Gasteiger partial charge in [-0.1, -0.05) is 0 Å². The summed E-state index contributed by atoms with van der Waals surface area (Å²) in [4.78, 5) is 27.6. The number of ether oxygens (including phenoxy) is 3. The first-order valence-electron chi connectivity index (χ1n) is 6.81. The summed E-state index contributed by atoms with van der Waals surface area (Å²) in [6.07, 6.45) is 1.13. The topological polar surface area (TPSA) is 86.8 Å². The molecule has 0 saturated heterocycles. The van der Waals surface area contributed by atoms with Crippen molar-refractivity contribution in [1.82, 2.24) is 10.3 Å². The Hall–Kier alpha value is -2.31. The predicted octanol–water partition coefficient (Wildman–Crippen LogP) is 1.70. The summed E-state index contributed by atoms with van der Waals surface area (Å²) in [5.74, 6) is -0.125. The molecule has 1 unspecified atom stereocenters. The van der Waals surface area contributed by atoms with E-state index in [1.165, 1.54) is 14.2 Å². The monoisotopic (exact) mass is 310 g/mol. The molecule has 0 aliphatic rings. The number of hydrogen-bond donors (Lipinski definition) is 1. The van der Waals surface area contributed by atoms with Crippen molar-refractivity contribution in [2.45, 2.75) is 38.8 Å². The number of pyridine rings is 1. The van der Waals surface area contributed by atoms with Crippen molar-refractivity contribution in [3.8, 4) is 5.88 Å². The number of nitrogens with zero attached hydrogens (tertiary/aromatic N) is 1. The molecular formula is C15H22N2O5. The Bertz CT molecular complexity index is 525. The van der Waals surface area contributed by atoms with Crippen LogP contribution in [0.1, 0.15) is 26.3 Å². The molecule has 0 bridgehead atoms. The fourth-order valence-corrected chi connectivity index (χ4v) is 1.71. The summed E-state index contributed by atoms with van der Waals surface area (Å²) in [5.41, 5.74) is 0.128. The average Bonchev–Trinajstić information content (AvgIpc) is 2.44. The third kappa shape index (κ3) is 5.99. The van der Waals surface area contributed by atoms with Crippen molar-refractivity contribution < 1.29 is 23.8 Å². The minimum atomic E-state index is -0.855. The highest BCUT2D eigenvalue weighted by atomic mass is 16.6. The molecule has 1 aromatic rings. The molecule has 0 aliphatic carbocycles. The van der Waals surface area contributed by atoms with Crippen molar-refractivity contribution in [2.24, 2.45) is 0 Å². The predicted molar refractivity (Wildman–Crippen MR) is 79.7 cm³/mol. The summed E-state index contributed by atoms with van der Waals surface area (Å²) in [6.45, 7) is 5.23. The number of methoxy groups -OCH3 is 2. The summed E-state index contributed by atoms with van der Waals surface area (Å²) in [7, 11) is 2.77. The van der Waals surface area contributed by atoms with E-state index in [1.54, 1.807) is 39.1 Å². The zero-order valence-corrected chi connectivity index (χ0v) is 13.5. The Morgan fingerprint density at radius 2 is 2.00 bits per heavy atom. The highest BCUT2D eigenvalue weighted by Gasteiger charge is 2.25. The van der Waals surface area contributed by atoms with E-state index in [4.69, 9.17) is 14.2 Å². The molecule has 1 heterocycles. The first-order chi connectivity index (χ1) is 10.2. The molecule has 0 fully saturated rings. The second kappa shape index (κ2) is 7.63. The number of amides is 1. The summed E-state index contributed by atoms with van der Waals surface area (Å²) in [6, 6.07) is 2.56. The molecule has 22 heavy (non-hydrogen) atoms. The molecule has 122 valence electrons. The van der Waals surface area contributed by atoms with E-state index in [9.17, 15) is 9.59 Å². The van der Waals surface area contributed by atoms with Crippen molar-refractivity contribution in [1.29, 1.82) is 0 Å². The number of aromatic nitrogens is 1. The van der Waals surface area contributed by atoms with Gasteiger partial charge in [0.05, 0.1) is 14.2 Å². The number of rotatable bonds is 5. The van der Waals surface area contributed by atoms with Gasteiger partial charge >= 0.3 is 12.1 Å². The quantitative estimate of drug-likeness (QED) is 0.833. The largest absolute Gasteiger partial charge is 0.481 e. The number of carbonyl (C=O) groups is 2. The minimum absolute atomic E-state index is 0.241. The van der Waals surface area contributed by atoms with Gasteiger partial charge in [0, 0.05) is 18.7 Å². The van der Waals surface area contributed by atoms with Gasteiger partial charge in [-0.3, -0.25) is 0 Å². The molecule has 0 saturated carbocycles. The standard InChI is InChI=1S/C15H22N2O5/c1-15(2,3)22-14(19)17-11(13(18)21-5)8-10-6-7-16-12(9-10)20-4/h6-7,9,11H,8H2,1-5H3,(H,17,19). The first kappa shape index (κ1) is 17.7. The van der Waals surface area contributed by atoms with E-state index in [-0.39, 0.29) is 6.42 Å². The lowest BCUT2D eigenvalue weighted by Crippen LogP contribution is -2.45. The fraction of sp³-hybridized carbons (Fsp3) is 0.533. The number of hydrogen-bond acceptors (Lipinski definition) is 6. The molecule has 0 aliphatic heterocycles. The lowest BCUT2D eigenvalue weighted by atomic mass is 10.1. The zero-order chi connectivity index (χ0) is 16.8. The highest BCUT2D eigenvalue weighted by molar-refractivity contribution is 5.81. The van der Waals surface area contributed by atoms with Gasteiger partial charge in [0.25, 0.3) is 0 Å². The maximum absolute atomic E-state index is 11.8. The van der Waals surface area contributed by atoms with Crippen molar-refractivity contribution in [3.63, 3.8) is 0 Å². The fourth-order valence-electron chi connectivity index (χ4n) is 1.71. The van der Waals surface area contributed by atoms with Gasteiger partial charge in [0.2, 0.25) is 5.88 Å². The second-order valence-electron chi connectivity index (χ2n) is 5.63. The molecule has 1 aromatic heterocycles. The smallest absolute Gasteiger partial charge is 0.408 e. The van der Waals surface area contributed by atoms with Gasteiger partial charge < -0.3 is 19.5 Å². The SMILES string of the molecule is COC(=O)C(Cc1ccnc(OC)c1)NC(=O)OC(C)(C)C. The van der Waals surface area contributed by atoms with E-state index in [0.717, 1.165) is 5.56 Å². The first-order valence-corrected chi connectivity index (χ1v) is 6.81. The molecule has 7 heteroatoms. The van der Waals surface area contributed by atoms with Gasteiger partial charge in [-0.25, -0.2) is 14.6 Å². The van der Waals surface area contributed by atoms with Gasteiger partial charge in [0.1, 0.15) is 11.6 Å². The summed E-state index contributed by atoms with van der Waals surface area (Å²) >= 11 is 0. The van der Waals surface area contributed by atoms with E-state index >= 15 is 0 Å². The van der Waals surface area contributed by atoms with Gasteiger partial charge in [-0.15, -0.1) is 0 Å². The van der Waals surface area contributed by atoms with Crippen LogP contribution in [0, 0.1) is 0 Å². The van der Waals surface area contributed by atoms with Crippen LogP contribution in [0.4, 0.5) is 4.79 Å². The molecule has 0 spiro atoms. The Morgan fingerprint density at radius 1 is 1.32 bits per heavy atom. The Kier molecular flexibility index (Phi) is 6.15. The maximum Gasteiger partial charge on any atom is 0.408 e. The van der Waals surface area contributed by atoms with Crippen molar-refractivity contribution >= 4 is 12.1 Å². The van der Waals surface area contributed by atoms with E-state index in [0.29, 0.717) is 5.88 Å². The van der Waals surface area contributed by atoms with Crippen LogP contribution in [-0.2, 0) is 20.7 Å². The molecule has 0 aromatic carbocycles. The van der Waals surface area contributed by atoms with Crippen LogP contribution in [0.5, 0.6) is 5.88 Å². The third-order valence-electron chi connectivity index (χ3n) is 2.62.